The van der Waals surface area contributed by atoms with Crippen LogP contribution in [-0.2, 0) is 0 Å². The lowest BCUT2D eigenvalue weighted by Gasteiger charge is -2.29. The van der Waals surface area contributed by atoms with E-state index in [9.17, 15) is 0 Å². The number of anilines is 2. The topological polar surface area (TPSA) is 28.2 Å². The van der Waals surface area contributed by atoms with Crippen molar-refractivity contribution in [3.8, 4) is 0 Å². The van der Waals surface area contributed by atoms with Crippen LogP contribution in [0.2, 0.25) is 0 Å². The molecule has 0 aliphatic carbocycles. The van der Waals surface area contributed by atoms with Gasteiger partial charge in [0.1, 0.15) is 0 Å². The van der Waals surface area contributed by atoms with Crippen LogP contribution in [0.25, 0.3) is 0 Å². The van der Waals surface area contributed by atoms with Crippen LogP contribution in [0.4, 0.5) is 11.4 Å². The molecule has 1 fully saturated rings. The molecule has 0 radical (unpaired) electrons. The van der Waals surface area contributed by atoms with Crippen LogP contribution in [0.15, 0.2) is 18.5 Å². The van der Waals surface area contributed by atoms with Gasteiger partial charge in [-0.15, -0.1) is 0 Å². The third-order valence-electron chi connectivity index (χ3n) is 3.49. The fourth-order valence-corrected chi connectivity index (χ4v) is 2.54. The fraction of sp³-hybridized carbons (Fsp3) is 0.643. The summed E-state index contributed by atoms with van der Waals surface area (Å²) >= 11 is 0. The predicted molar refractivity (Wildman–Crippen MR) is 73.7 cm³/mol. The summed E-state index contributed by atoms with van der Waals surface area (Å²) in [5.74, 6) is 0. The Morgan fingerprint density at radius 1 is 1.35 bits per heavy atom. The second-order valence-corrected chi connectivity index (χ2v) is 4.85. The van der Waals surface area contributed by atoms with Crippen molar-refractivity contribution < 1.29 is 0 Å². The molecule has 1 N–H and O–H groups in total. The molecule has 1 unspecified atom stereocenters. The van der Waals surface area contributed by atoms with Gasteiger partial charge >= 0.3 is 0 Å². The second-order valence-electron chi connectivity index (χ2n) is 4.85. The number of pyridine rings is 1. The molecule has 3 nitrogen and oxygen atoms in total. The van der Waals surface area contributed by atoms with Gasteiger partial charge in [0, 0.05) is 19.1 Å². The van der Waals surface area contributed by atoms with Gasteiger partial charge in [0.2, 0.25) is 0 Å². The predicted octanol–water partition coefficient (Wildman–Crippen LogP) is 3.28. The zero-order chi connectivity index (χ0) is 12.1. The largest absolute Gasteiger partial charge is 0.384 e. The number of rotatable bonds is 3. The van der Waals surface area contributed by atoms with Crippen molar-refractivity contribution in [2.45, 2.75) is 45.6 Å². The SMILES string of the molecule is CCNc1cncc(N2CCCCCC2C)c1. The Bertz CT molecular complexity index is 351. The number of hydrogen-bond donors (Lipinski definition) is 1. The van der Waals surface area contributed by atoms with E-state index in [1.165, 1.54) is 37.9 Å². The van der Waals surface area contributed by atoms with Crippen molar-refractivity contribution in [2.75, 3.05) is 23.3 Å². The monoisotopic (exact) mass is 233 g/mol. The molecular weight excluding hydrogens is 210 g/mol. The summed E-state index contributed by atoms with van der Waals surface area (Å²) in [5, 5.41) is 3.33. The number of aromatic nitrogens is 1. The molecule has 1 aliphatic heterocycles. The van der Waals surface area contributed by atoms with Crippen molar-refractivity contribution in [1.29, 1.82) is 0 Å². The molecule has 2 heterocycles. The van der Waals surface area contributed by atoms with Crippen LogP contribution < -0.4 is 10.2 Å². The number of nitrogens with zero attached hydrogens (tertiary/aromatic N) is 2. The normalized spacial score (nSPS) is 21.1. The van der Waals surface area contributed by atoms with Crippen LogP contribution in [-0.4, -0.2) is 24.1 Å². The molecule has 0 saturated carbocycles. The third kappa shape index (κ3) is 3.11. The molecule has 2 rings (SSSR count). The van der Waals surface area contributed by atoms with E-state index < -0.39 is 0 Å². The molecule has 94 valence electrons. The molecule has 3 heteroatoms. The first-order chi connectivity index (χ1) is 8.31. The van der Waals surface area contributed by atoms with E-state index in [2.05, 4.69) is 35.1 Å². The quantitative estimate of drug-likeness (QED) is 0.868. The van der Waals surface area contributed by atoms with E-state index in [0.717, 1.165) is 12.2 Å². The first-order valence-corrected chi connectivity index (χ1v) is 6.77. The molecular formula is C14H23N3. The lowest BCUT2D eigenvalue weighted by molar-refractivity contribution is 0.615. The first-order valence-electron chi connectivity index (χ1n) is 6.77. The minimum Gasteiger partial charge on any atom is -0.384 e. The van der Waals surface area contributed by atoms with Crippen LogP contribution in [0.3, 0.4) is 0 Å². The third-order valence-corrected chi connectivity index (χ3v) is 3.49. The van der Waals surface area contributed by atoms with Crippen LogP contribution >= 0.6 is 0 Å². The van der Waals surface area contributed by atoms with Crippen molar-refractivity contribution >= 4 is 11.4 Å². The van der Waals surface area contributed by atoms with Crippen LogP contribution in [0, 0.1) is 0 Å². The zero-order valence-corrected chi connectivity index (χ0v) is 10.9. The summed E-state index contributed by atoms with van der Waals surface area (Å²) in [5.41, 5.74) is 2.39. The Morgan fingerprint density at radius 3 is 3.06 bits per heavy atom. The second kappa shape index (κ2) is 5.89. The van der Waals surface area contributed by atoms with E-state index in [0.29, 0.717) is 6.04 Å². The van der Waals surface area contributed by atoms with Gasteiger partial charge in [-0.1, -0.05) is 12.8 Å². The van der Waals surface area contributed by atoms with E-state index in [1.54, 1.807) is 0 Å². The maximum Gasteiger partial charge on any atom is 0.0575 e. The molecule has 1 saturated heterocycles. The van der Waals surface area contributed by atoms with E-state index in [-0.39, 0.29) is 0 Å². The Balaban J connectivity index is 2.16. The average Bonchev–Trinajstić information content (AvgIpc) is 2.55. The minimum atomic E-state index is 0.635. The van der Waals surface area contributed by atoms with E-state index in [1.807, 2.05) is 12.4 Å². The Hall–Kier alpha value is -1.25. The van der Waals surface area contributed by atoms with Crippen molar-refractivity contribution in [2.24, 2.45) is 0 Å². The Morgan fingerprint density at radius 2 is 2.24 bits per heavy atom. The standard InChI is InChI=1S/C14H23N3/c1-3-16-13-9-14(11-15-10-13)17-8-6-4-5-7-12(17)2/h9-12,16H,3-8H2,1-2H3. The summed E-state index contributed by atoms with van der Waals surface area (Å²) < 4.78 is 0. The van der Waals surface area contributed by atoms with Crippen LogP contribution in [0.5, 0.6) is 0 Å². The maximum absolute atomic E-state index is 4.34. The first kappa shape index (κ1) is 12.2. The van der Waals surface area contributed by atoms with Gasteiger partial charge in [0.25, 0.3) is 0 Å². The number of nitrogens with one attached hydrogen (secondary N) is 1. The average molecular weight is 233 g/mol. The molecule has 1 aromatic heterocycles. The van der Waals surface area contributed by atoms with Gasteiger partial charge in [-0.05, 0) is 32.8 Å². The molecule has 1 aromatic rings. The van der Waals surface area contributed by atoms with Gasteiger partial charge in [-0.2, -0.15) is 0 Å². The van der Waals surface area contributed by atoms with Gasteiger partial charge < -0.3 is 10.2 Å². The van der Waals surface area contributed by atoms with Crippen molar-refractivity contribution in [3.05, 3.63) is 18.5 Å². The molecule has 1 aliphatic rings. The fourth-order valence-electron chi connectivity index (χ4n) is 2.54. The highest BCUT2D eigenvalue weighted by Crippen LogP contribution is 2.25. The zero-order valence-electron chi connectivity index (χ0n) is 10.9. The summed E-state index contributed by atoms with van der Waals surface area (Å²) in [6, 6.07) is 2.86. The highest BCUT2D eigenvalue weighted by molar-refractivity contribution is 5.56. The van der Waals surface area contributed by atoms with E-state index >= 15 is 0 Å². The van der Waals surface area contributed by atoms with Crippen LogP contribution in [0.1, 0.15) is 39.5 Å². The summed E-state index contributed by atoms with van der Waals surface area (Å²) in [6.07, 6.45) is 9.21. The molecule has 0 spiro atoms. The van der Waals surface area contributed by atoms with Crippen molar-refractivity contribution in [3.63, 3.8) is 0 Å². The summed E-state index contributed by atoms with van der Waals surface area (Å²) in [6.45, 7) is 6.55. The molecule has 0 bridgehead atoms. The lowest BCUT2D eigenvalue weighted by Crippen LogP contribution is -2.32. The molecule has 0 aromatic carbocycles. The van der Waals surface area contributed by atoms with E-state index in [4.69, 9.17) is 0 Å². The highest BCUT2D eigenvalue weighted by Gasteiger charge is 2.17. The smallest absolute Gasteiger partial charge is 0.0575 e. The number of hydrogen-bond acceptors (Lipinski definition) is 3. The Kier molecular flexibility index (Phi) is 4.24. The minimum absolute atomic E-state index is 0.635. The molecule has 1 atom stereocenters. The molecule has 0 amide bonds. The Labute approximate surface area is 104 Å². The maximum atomic E-state index is 4.34. The van der Waals surface area contributed by atoms with Gasteiger partial charge in [-0.3, -0.25) is 4.98 Å². The lowest BCUT2D eigenvalue weighted by atomic mass is 10.1. The highest BCUT2D eigenvalue weighted by atomic mass is 15.2. The van der Waals surface area contributed by atoms with Gasteiger partial charge in [0.05, 0.1) is 23.8 Å². The molecule has 17 heavy (non-hydrogen) atoms. The summed E-state index contributed by atoms with van der Waals surface area (Å²) in [7, 11) is 0. The summed E-state index contributed by atoms with van der Waals surface area (Å²) in [4.78, 5) is 6.84. The van der Waals surface area contributed by atoms with Gasteiger partial charge in [0.15, 0.2) is 0 Å². The van der Waals surface area contributed by atoms with Gasteiger partial charge in [-0.25, -0.2) is 0 Å². The van der Waals surface area contributed by atoms with Crippen molar-refractivity contribution in [1.82, 2.24) is 4.98 Å².